The van der Waals surface area contributed by atoms with E-state index in [1.54, 1.807) is 6.20 Å². The van der Waals surface area contributed by atoms with Gasteiger partial charge in [-0.1, -0.05) is 42.8 Å². The summed E-state index contributed by atoms with van der Waals surface area (Å²) in [6.07, 6.45) is 3.55. The first-order chi connectivity index (χ1) is 11.2. The number of hydrogen-bond donors (Lipinski definition) is 0. The Balaban J connectivity index is 1.88. The van der Waals surface area contributed by atoms with Crippen LogP contribution in [0, 0.1) is 0 Å². The fourth-order valence-electron chi connectivity index (χ4n) is 2.70. The Labute approximate surface area is 141 Å². The molecule has 5 heteroatoms. The van der Waals surface area contributed by atoms with Gasteiger partial charge in [-0.25, -0.2) is 4.98 Å². The van der Waals surface area contributed by atoms with E-state index < -0.39 is 0 Å². The lowest BCUT2D eigenvalue weighted by atomic mass is 9.93. The van der Waals surface area contributed by atoms with Crippen molar-refractivity contribution in [2.45, 2.75) is 25.7 Å². The van der Waals surface area contributed by atoms with Gasteiger partial charge >= 0.3 is 0 Å². The quantitative estimate of drug-likeness (QED) is 0.703. The van der Waals surface area contributed by atoms with Gasteiger partial charge in [-0.05, 0) is 36.1 Å². The summed E-state index contributed by atoms with van der Waals surface area (Å²) in [7, 11) is 1.92. The Hall–Kier alpha value is -2.20. The zero-order valence-corrected chi connectivity index (χ0v) is 14.0. The summed E-state index contributed by atoms with van der Waals surface area (Å²) in [5, 5.41) is 5.31. The molecule has 0 aliphatic carbocycles. The number of hydrogen-bond acceptors (Lipinski definition) is 3. The molecule has 2 heterocycles. The van der Waals surface area contributed by atoms with Gasteiger partial charge in [0.2, 0.25) is 0 Å². The molecule has 0 saturated heterocycles. The number of halogens is 1. The third-order valence-corrected chi connectivity index (χ3v) is 4.36. The number of aryl methyl sites for hydroxylation is 1. The third-order valence-electron chi connectivity index (χ3n) is 4.01. The van der Waals surface area contributed by atoms with Crippen molar-refractivity contribution >= 4 is 11.6 Å². The maximum absolute atomic E-state index is 6.35. The first-order valence-corrected chi connectivity index (χ1v) is 8.12. The molecule has 3 aromatic rings. The van der Waals surface area contributed by atoms with Crippen molar-refractivity contribution in [3.05, 3.63) is 65.1 Å². The number of nitrogens with zero attached hydrogens (tertiary/aromatic N) is 4. The van der Waals surface area contributed by atoms with Gasteiger partial charge in [-0.3, -0.25) is 9.67 Å². The highest BCUT2D eigenvalue weighted by Gasteiger charge is 2.18. The van der Waals surface area contributed by atoms with Crippen LogP contribution in [0.2, 0.25) is 5.02 Å². The van der Waals surface area contributed by atoms with Crippen LogP contribution in [0.3, 0.4) is 0 Å². The summed E-state index contributed by atoms with van der Waals surface area (Å²) in [6, 6.07) is 13.8. The van der Waals surface area contributed by atoms with Crippen LogP contribution in [0.25, 0.3) is 11.5 Å². The lowest BCUT2D eigenvalue weighted by molar-refractivity contribution is 0.600. The average Bonchev–Trinajstić information content (AvgIpc) is 2.95. The second kappa shape index (κ2) is 6.92. The SMILES string of the molecule is CCC(Cc1nc(-c2ccccn2)nn1C)c1ccccc1Cl. The highest BCUT2D eigenvalue weighted by Crippen LogP contribution is 2.29. The van der Waals surface area contributed by atoms with Crippen molar-refractivity contribution in [1.29, 1.82) is 0 Å². The summed E-state index contributed by atoms with van der Waals surface area (Å²) < 4.78 is 1.84. The minimum atomic E-state index is 0.322. The van der Waals surface area contributed by atoms with Crippen LogP contribution in [0.15, 0.2) is 48.7 Å². The Bertz CT molecular complexity index is 783. The Morgan fingerprint density at radius 1 is 1.13 bits per heavy atom. The van der Waals surface area contributed by atoms with Gasteiger partial charge in [0.25, 0.3) is 0 Å². The molecule has 0 saturated carbocycles. The molecule has 0 bridgehead atoms. The van der Waals surface area contributed by atoms with Crippen molar-refractivity contribution in [3.8, 4) is 11.5 Å². The second-order valence-corrected chi connectivity index (χ2v) is 5.93. The van der Waals surface area contributed by atoms with Crippen molar-refractivity contribution in [1.82, 2.24) is 19.7 Å². The first-order valence-electron chi connectivity index (χ1n) is 7.74. The zero-order valence-electron chi connectivity index (χ0n) is 13.3. The van der Waals surface area contributed by atoms with Gasteiger partial charge in [-0.15, -0.1) is 5.10 Å². The Kier molecular flexibility index (Phi) is 4.72. The van der Waals surface area contributed by atoms with E-state index in [1.807, 2.05) is 48.1 Å². The van der Waals surface area contributed by atoms with Crippen LogP contribution < -0.4 is 0 Å². The highest BCUT2D eigenvalue weighted by atomic mass is 35.5. The monoisotopic (exact) mass is 326 g/mol. The molecule has 1 atom stereocenters. The summed E-state index contributed by atoms with van der Waals surface area (Å²) in [6.45, 7) is 2.17. The smallest absolute Gasteiger partial charge is 0.199 e. The third kappa shape index (κ3) is 3.42. The summed E-state index contributed by atoms with van der Waals surface area (Å²) in [4.78, 5) is 8.98. The lowest BCUT2D eigenvalue weighted by Gasteiger charge is -2.16. The van der Waals surface area contributed by atoms with E-state index in [2.05, 4.69) is 28.1 Å². The molecule has 4 nitrogen and oxygen atoms in total. The van der Waals surface area contributed by atoms with Crippen molar-refractivity contribution in [2.75, 3.05) is 0 Å². The first kappa shape index (κ1) is 15.7. The largest absolute Gasteiger partial charge is 0.253 e. The lowest BCUT2D eigenvalue weighted by Crippen LogP contribution is -2.08. The zero-order chi connectivity index (χ0) is 16.2. The molecular formula is C18H19ClN4. The van der Waals surface area contributed by atoms with E-state index in [1.165, 1.54) is 5.56 Å². The van der Waals surface area contributed by atoms with Gasteiger partial charge < -0.3 is 0 Å². The van der Waals surface area contributed by atoms with Crippen LogP contribution in [0.4, 0.5) is 0 Å². The van der Waals surface area contributed by atoms with Crippen LogP contribution in [-0.4, -0.2) is 19.7 Å². The number of benzene rings is 1. The molecule has 0 fully saturated rings. The standard InChI is InChI=1S/C18H19ClN4/c1-3-13(14-8-4-5-9-15(14)19)12-17-21-18(22-23(17)2)16-10-6-7-11-20-16/h4-11,13H,3,12H2,1-2H3. The predicted molar refractivity (Wildman–Crippen MR) is 92.4 cm³/mol. The molecule has 23 heavy (non-hydrogen) atoms. The summed E-state index contributed by atoms with van der Waals surface area (Å²) in [5.41, 5.74) is 1.96. The van der Waals surface area contributed by atoms with E-state index in [0.717, 1.165) is 29.4 Å². The maximum atomic E-state index is 6.35. The molecular weight excluding hydrogens is 308 g/mol. The van der Waals surface area contributed by atoms with Gasteiger partial charge in [0.1, 0.15) is 11.5 Å². The van der Waals surface area contributed by atoms with Crippen LogP contribution >= 0.6 is 11.6 Å². The van der Waals surface area contributed by atoms with E-state index in [4.69, 9.17) is 11.6 Å². The number of rotatable bonds is 5. The molecule has 0 spiro atoms. The van der Waals surface area contributed by atoms with Crippen LogP contribution in [0.1, 0.15) is 30.7 Å². The van der Waals surface area contributed by atoms with Crippen LogP contribution in [-0.2, 0) is 13.5 Å². The fraction of sp³-hybridized carbons (Fsp3) is 0.278. The van der Waals surface area contributed by atoms with Crippen LogP contribution in [0.5, 0.6) is 0 Å². The molecule has 0 aliphatic heterocycles. The average molecular weight is 327 g/mol. The molecule has 3 rings (SSSR count). The van der Waals surface area contributed by atoms with E-state index in [-0.39, 0.29) is 0 Å². The molecule has 118 valence electrons. The van der Waals surface area contributed by atoms with Crippen molar-refractivity contribution < 1.29 is 0 Å². The maximum Gasteiger partial charge on any atom is 0.199 e. The Morgan fingerprint density at radius 3 is 2.61 bits per heavy atom. The number of aromatic nitrogens is 4. The minimum Gasteiger partial charge on any atom is -0.253 e. The van der Waals surface area contributed by atoms with Crippen molar-refractivity contribution in [2.24, 2.45) is 7.05 Å². The molecule has 2 aromatic heterocycles. The Morgan fingerprint density at radius 2 is 1.91 bits per heavy atom. The molecule has 0 aliphatic rings. The number of pyridine rings is 1. The summed E-state index contributed by atoms with van der Waals surface area (Å²) in [5.74, 6) is 1.93. The highest BCUT2D eigenvalue weighted by molar-refractivity contribution is 6.31. The van der Waals surface area contributed by atoms with Crippen molar-refractivity contribution in [3.63, 3.8) is 0 Å². The van der Waals surface area contributed by atoms with Gasteiger partial charge in [0.05, 0.1) is 0 Å². The fourth-order valence-corrected chi connectivity index (χ4v) is 2.99. The summed E-state index contributed by atoms with van der Waals surface area (Å²) >= 11 is 6.35. The van der Waals surface area contributed by atoms with E-state index in [9.17, 15) is 0 Å². The van der Waals surface area contributed by atoms with Gasteiger partial charge in [-0.2, -0.15) is 0 Å². The molecule has 0 N–H and O–H groups in total. The molecule has 0 radical (unpaired) electrons. The van der Waals surface area contributed by atoms with Gasteiger partial charge in [0, 0.05) is 24.7 Å². The molecule has 1 unspecified atom stereocenters. The van der Waals surface area contributed by atoms with Gasteiger partial charge in [0.15, 0.2) is 5.82 Å². The predicted octanol–water partition coefficient (Wildman–Crippen LogP) is 4.27. The minimum absolute atomic E-state index is 0.322. The molecule has 0 amide bonds. The second-order valence-electron chi connectivity index (χ2n) is 5.52. The van der Waals surface area contributed by atoms with E-state index in [0.29, 0.717) is 11.7 Å². The topological polar surface area (TPSA) is 43.6 Å². The van der Waals surface area contributed by atoms with E-state index >= 15 is 0 Å². The normalized spacial score (nSPS) is 12.3. The molecule has 1 aromatic carbocycles.